The quantitative estimate of drug-likeness (QED) is 0.579. The summed E-state index contributed by atoms with van der Waals surface area (Å²) in [6.45, 7) is 0. The molecule has 21 heavy (non-hydrogen) atoms. The van der Waals surface area contributed by atoms with Crippen LogP contribution < -0.4 is 10.8 Å². The molecule has 2 unspecified atom stereocenters. The number of benzene rings is 1. The first-order valence-corrected chi connectivity index (χ1v) is 6.82. The van der Waals surface area contributed by atoms with Crippen LogP contribution in [-0.2, 0) is 9.59 Å². The molecule has 1 aromatic carbocycles. The van der Waals surface area contributed by atoms with Gasteiger partial charge in [0.05, 0.1) is 11.8 Å². The molecule has 0 saturated carbocycles. The lowest BCUT2D eigenvalue weighted by atomic mass is 9.82. The summed E-state index contributed by atoms with van der Waals surface area (Å²) >= 11 is 5.92. The normalized spacial score (nSPS) is 21.5. The van der Waals surface area contributed by atoms with Crippen LogP contribution in [0.3, 0.4) is 0 Å². The number of carboxylic acids is 1. The summed E-state index contributed by atoms with van der Waals surface area (Å²) in [5.41, 5.74) is 1.72. The lowest BCUT2D eigenvalue weighted by Crippen LogP contribution is -2.70. The predicted molar refractivity (Wildman–Crippen MR) is 77.8 cm³/mol. The first-order valence-electron chi connectivity index (χ1n) is 6.44. The maximum absolute atomic E-state index is 12.3. The van der Waals surface area contributed by atoms with Gasteiger partial charge in [0.2, 0.25) is 5.91 Å². The molecule has 7 heteroatoms. The Labute approximate surface area is 126 Å². The van der Waals surface area contributed by atoms with E-state index in [-0.39, 0.29) is 18.7 Å². The topological polar surface area (TPSA) is 106 Å². The highest BCUT2D eigenvalue weighted by molar-refractivity contribution is 6.29. The summed E-state index contributed by atoms with van der Waals surface area (Å²) < 4.78 is 0. The van der Waals surface area contributed by atoms with Gasteiger partial charge in [0.25, 0.3) is 0 Å². The van der Waals surface area contributed by atoms with E-state index in [9.17, 15) is 19.9 Å². The molecule has 0 saturated heterocycles. The summed E-state index contributed by atoms with van der Waals surface area (Å²) in [5.74, 6) is -2.87. The number of hydrogen-bond acceptors (Lipinski definition) is 3. The second-order valence-corrected chi connectivity index (χ2v) is 5.36. The van der Waals surface area contributed by atoms with E-state index < -0.39 is 17.8 Å². The van der Waals surface area contributed by atoms with Crippen LogP contribution in [0.25, 0.3) is 0 Å². The maximum atomic E-state index is 12.3. The summed E-state index contributed by atoms with van der Waals surface area (Å²) in [5, 5.41) is 22.9. The number of nitrogens with two attached hydrogens (primary N) is 1. The van der Waals surface area contributed by atoms with Crippen molar-refractivity contribution in [3.63, 3.8) is 0 Å². The molecule has 1 aromatic rings. The smallest absolute Gasteiger partial charge is 0.307 e. The van der Waals surface area contributed by atoms with Crippen molar-refractivity contribution in [3.8, 4) is 0 Å². The van der Waals surface area contributed by atoms with Gasteiger partial charge in [-0.3, -0.25) is 9.59 Å². The molecule has 0 fully saturated rings. The fraction of sp³-hybridized carbons (Fsp3) is 0.286. The van der Waals surface area contributed by atoms with Crippen LogP contribution in [-0.4, -0.2) is 17.0 Å². The average Bonchev–Trinajstić information content (AvgIpc) is 2.47. The number of aliphatic carboxylic acids is 1. The molecule has 2 atom stereocenters. The summed E-state index contributed by atoms with van der Waals surface area (Å²) in [6, 6.07) is 6.34. The fourth-order valence-electron chi connectivity index (χ4n) is 2.28. The Morgan fingerprint density at radius 2 is 1.95 bits per heavy atom. The molecule has 1 amide bonds. The van der Waals surface area contributed by atoms with Gasteiger partial charge in [0, 0.05) is 22.9 Å². The Balaban J connectivity index is 2.10. The van der Waals surface area contributed by atoms with Gasteiger partial charge >= 0.3 is 5.97 Å². The van der Waals surface area contributed by atoms with Crippen LogP contribution >= 0.6 is 11.6 Å². The van der Waals surface area contributed by atoms with E-state index in [4.69, 9.17) is 11.6 Å². The van der Waals surface area contributed by atoms with Crippen molar-refractivity contribution in [2.75, 3.05) is 5.32 Å². The molecule has 0 radical (unpaired) electrons. The largest absolute Gasteiger partial charge is 0.630 e. The second-order valence-electron chi connectivity index (χ2n) is 4.87. The van der Waals surface area contributed by atoms with Crippen LogP contribution in [0.1, 0.15) is 12.8 Å². The van der Waals surface area contributed by atoms with Gasteiger partial charge < -0.3 is 21.1 Å². The number of rotatable bonds is 4. The third kappa shape index (κ3) is 3.81. The molecule has 2 rings (SSSR count). The molecule has 1 aliphatic rings. The van der Waals surface area contributed by atoms with Crippen LogP contribution in [0.2, 0.25) is 0 Å². The number of halogens is 1. The first kappa shape index (κ1) is 15.5. The standard InChI is InChI=1S/C14H15ClN2O4/c15-8-1-6-11(14(19)20)12(7-8)13(18)16-9-2-4-10(17-21)5-3-9/h1-5,11-12H,6-7,17H2,(H,16,18)(H,19,20). The Morgan fingerprint density at radius 1 is 1.29 bits per heavy atom. The summed E-state index contributed by atoms with van der Waals surface area (Å²) in [7, 11) is 0. The minimum Gasteiger partial charge on any atom is -0.630 e. The van der Waals surface area contributed by atoms with E-state index in [0.717, 1.165) is 0 Å². The molecule has 0 aliphatic heterocycles. The number of quaternary nitrogens is 1. The molecule has 0 spiro atoms. The van der Waals surface area contributed by atoms with Crippen molar-refractivity contribution in [3.05, 3.63) is 40.6 Å². The summed E-state index contributed by atoms with van der Waals surface area (Å²) in [4.78, 5) is 23.5. The molecule has 0 aromatic heterocycles. The lowest BCUT2D eigenvalue weighted by molar-refractivity contribution is -0.497. The average molecular weight is 311 g/mol. The van der Waals surface area contributed by atoms with Gasteiger partial charge in [-0.25, -0.2) is 0 Å². The number of allylic oxidation sites excluding steroid dienone is 2. The number of carbonyl (C=O) groups is 2. The van der Waals surface area contributed by atoms with Gasteiger partial charge in [0.15, 0.2) is 0 Å². The molecule has 0 heterocycles. The van der Waals surface area contributed by atoms with E-state index in [1.165, 1.54) is 0 Å². The van der Waals surface area contributed by atoms with Crippen molar-refractivity contribution in [2.45, 2.75) is 12.8 Å². The molecular weight excluding hydrogens is 296 g/mol. The molecule has 4 N–H and O–H groups in total. The van der Waals surface area contributed by atoms with E-state index in [1.54, 1.807) is 30.3 Å². The zero-order valence-electron chi connectivity index (χ0n) is 11.1. The van der Waals surface area contributed by atoms with Crippen molar-refractivity contribution >= 4 is 34.9 Å². The van der Waals surface area contributed by atoms with Crippen LogP contribution in [0, 0.1) is 17.0 Å². The highest BCUT2D eigenvalue weighted by atomic mass is 35.5. The van der Waals surface area contributed by atoms with Crippen molar-refractivity contribution in [1.29, 1.82) is 0 Å². The second kappa shape index (κ2) is 6.71. The van der Waals surface area contributed by atoms with Crippen molar-refractivity contribution in [2.24, 2.45) is 11.8 Å². The van der Waals surface area contributed by atoms with Crippen LogP contribution in [0.5, 0.6) is 0 Å². The minimum absolute atomic E-state index is 0.219. The summed E-state index contributed by atoms with van der Waals surface area (Å²) in [6.07, 6.45) is 2.11. The third-order valence-electron chi connectivity index (χ3n) is 3.46. The van der Waals surface area contributed by atoms with E-state index in [1.807, 2.05) is 0 Å². The Hall–Kier alpha value is -1.89. The number of nitrogens with one attached hydrogen (secondary N) is 1. The highest BCUT2D eigenvalue weighted by Crippen LogP contribution is 2.32. The van der Waals surface area contributed by atoms with E-state index in [2.05, 4.69) is 5.32 Å². The zero-order valence-corrected chi connectivity index (χ0v) is 11.8. The number of carbonyl (C=O) groups excluding carboxylic acids is 1. The van der Waals surface area contributed by atoms with Gasteiger partial charge in [-0.1, -0.05) is 17.7 Å². The van der Waals surface area contributed by atoms with Crippen LogP contribution in [0.15, 0.2) is 35.4 Å². The molecule has 0 bridgehead atoms. The molecule has 112 valence electrons. The third-order valence-corrected chi connectivity index (χ3v) is 3.77. The number of anilines is 1. The van der Waals surface area contributed by atoms with Gasteiger partial charge in [0.1, 0.15) is 5.69 Å². The SMILES string of the molecule is O=C(O)C1CC=C(Cl)CC1C(=O)Nc1ccc([NH2+][O-])cc1. The maximum Gasteiger partial charge on any atom is 0.307 e. The molecule has 1 aliphatic carbocycles. The van der Waals surface area contributed by atoms with E-state index in [0.29, 0.717) is 21.9 Å². The monoisotopic (exact) mass is 310 g/mol. The fourth-order valence-corrected chi connectivity index (χ4v) is 2.54. The zero-order chi connectivity index (χ0) is 15.4. The number of amides is 1. The Bertz CT molecular complexity index is 571. The lowest BCUT2D eigenvalue weighted by Gasteiger charge is -2.25. The Morgan fingerprint density at radius 3 is 2.52 bits per heavy atom. The minimum atomic E-state index is -1.01. The Kier molecular flexibility index (Phi) is 4.95. The molecule has 6 nitrogen and oxygen atoms in total. The van der Waals surface area contributed by atoms with Gasteiger partial charge in [-0.05, 0) is 25.0 Å². The van der Waals surface area contributed by atoms with Gasteiger partial charge in [-0.2, -0.15) is 0 Å². The molecular formula is C14H15ClN2O4. The van der Waals surface area contributed by atoms with Crippen molar-refractivity contribution in [1.82, 2.24) is 0 Å². The van der Waals surface area contributed by atoms with E-state index >= 15 is 0 Å². The van der Waals surface area contributed by atoms with Crippen molar-refractivity contribution < 1.29 is 20.2 Å². The number of carboxylic acid groups (broad SMARTS) is 1. The highest BCUT2D eigenvalue weighted by Gasteiger charge is 2.36. The van der Waals surface area contributed by atoms with Crippen LogP contribution in [0.4, 0.5) is 11.4 Å². The predicted octanol–water partition coefficient (Wildman–Crippen LogP) is 1.55. The first-order chi connectivity index (χ1) is 10.0. The van der Waals surface area contributed by atoms with Gasteiger partial charge in [-0.15, -0.1) is 0 Å². The number of hydrogen-bond donors (Lipinski definition) is 3.